The van der Waals surface area contributed by atoms with Crippen LogP contribution in [0.5, 0.6) is 5.75 Å². The van der Waals surface area contributed by atoms with Crippen LogP contribution in [0.3, 0.4) is 0 Å². The van der Waals surface area contributed by atoms with E-state index in [0.29, 0.717) is 5.92 Å². The molecule has 20 heavy (non-hydrogen) atoms. The van der Waals surface area contributed by atoms with Crippen LogP contribution in [0.2, 0.25) is 0 Å². The molecule has 3 nitrogen and oxygen atoms in total. The summed E-state index contributed by atoms with van der Waals surface area (Å²) < 4.78 is 5.35. The third-order valence-electron chi connectivity index (χ3n) is 3.71. The number of ether oxygens (including phenoxy) is 1. The fraction of sp³-hybridized carbons (Fsp3) is 0.647. The second kappa shape index (κ2) is 8.28. The molecular weight excluding hydrogens is 248 g/mol. The maximum absolute atomic E-state index is 6.41. The summed E-state index contributed by atoms with van der Waals surface area (Å²) in [6.45, 7) is 10.9. The van der Waals surface area contributed by atoms with E-state index in [4.69, 9.17) is 10.5 Å². The van der Waals surface area contributed by atoms with E-state index in [1.165, 1.54) is 5.56 Å². The highest BCUT2D eigenvalue weighted by atomic mass is 16.5. The van der Waals surface area contributed by atoms with Crippen LogP contribution in [-0.2, 0) is 0 Å². The summed E-state index contributed by atoms with van der Waals surface area (Å²) >= 11 is 0. The van der Waals surface area contributed by atoms with E-state index < -0.39 is 0 Å². The van der Waals surface area contributed by atoms with E-state index in [1.54, 1.807) is 7.11 Å². The molecule has 0 aliphatic rings. The van der Waals surface area contributed by atoms with Crippen LogP contribution in [0, 0.1) is 5.92 Å². The number of methoxy groups -OCH3 is 1. The van der Waals surface area contributed by atoms with Crippen LogP contribution in [0.25, 0.3) is 0 Å². The van der Waals surface area contributed by atoms with Gasteiger partial charge in [-0.25, -0.2) is 0 Å². The average Bonchev–Trinajstić information content (AvgIpc) is 2.46. The van der Waals surface area contributed by atoms with Crippen molar-refractivity contribution in [2.24, 2.45) is 11.7 Å². The zero-order chi connectivity index (χ0) is 15.1. The first-order chi connectivity index (χ1) is 9.53. The minimum Gasteiger partial charge on any atom is -0.497 e. The van der Waals surface area contributed by atoms with Gasteiger partial charge in [0.25, 0.3) is 0 Å². The fourth-order valence-corrected chi connectivity index (χ4v) is 2.69. The van der Waals surface area contributed by atoms with Crippen molar-refractivity contribution in [2.75, 3.05) is 20.2 Å². The molecule has 0 radical (unpaired) electrons. The Bertz CT molecular complexity index is 392. The smallest absolute Gasteiger partial charge is 0.119 e. The summed E-state index contributed by atoms with van der Waals surface area (Å²) in [5.74, 6) is 1.53. The Morgan fingerprint density at radius 2 is 1.95 bits per heavy atom. The molecule has 0 fully saturated rings. The van der Waals surface area contributed by atoms with Crippen molar-refractivity contribution in [3.05, 3.63) is 29.8 Å². The SMILES string of the molecule is CCC(N)C(c1cccc(OC)c1)N(CC)CC(C)C. The normalized spacial score (nSPS) is 14.6. The third-order valence-corrected chi connectivity index (χ3v) is 3.71. The Kier molecular flexibility index (Phi) is 7.03. The molecule has 3 heteroatoms. The Labute approximate surface area is 124 Å². The first kappa shape index (κ1) is 17.0. The van der Waals surface area contributed by atoms with E-state index in [2.05, 4.69) is 44.7 Å². The Hall–Kier alpha value is -1.06. The summed E-state index contributed by atoms with van der Waals surface area (Å²) in [4.78, 5) is 2.48. The van der Waals surface area contributed by atoms with Crippen LogP contribution in [-0.4, -0.2) is 31.1 Å². The molecule has 0 bridgehead atoms. The molecule has 0 spiro atoms. The van der Waals surface area contributed by atoms with Gasteiger partial charge in [-0.1, -0.05) is 39.8 Å². The molecule has 1 rings (SSSR count). The molecule has 0 aliphatic heterocycles. The third kappa shape index (κ3) is 4.50. The van der Waals surface area contributed by atoms with Crippen molar-refractivity contribution >= 4 is 0 Å². The van der Waals surface area contributed by atoms with Gasteiger partial charge in [0.05, 0.1) is 7.11 Å². The minimum atomic E-state index is 0.140. The summed E-state index contributed by atoms with van der Waals surface area (Å²) in [6.07, 6.45) is 0.969. The van der Waals surface area contributed by atoms with Crippen molar-refractivity contribution in [2.45, 2.75) is 46.2 Å². The Morgan fingerprint density at radius 3 is 2.45 bits per heavy atom. The van der Waals surface area contributed by atoms with Gasteiger partial charge in [-0.2, -0.15) is 0 Å². The molecule has 1 aromatic rings. The standard InChI is InChI=1S/C17H30N2O/c1-6-16(18)17(19(7-2)12-13(3)4)14-9-8-10-15(11-14)20-5/h8-11,13,16-17H,6-7,12,18H2,1-5H3. The summed E-state index contributed by atoms with van der Waals surface area (Å²) in [5, 5.41) is 0. The van der Waals surface area contributed by atoms with Gasteiger partial charge in [0.1, 0.15) is 5.75 Å². The maximum Gasteiger partial charge on any atom is 0.119 e. The van der Waals surface area contributed by atoms with Crippen LogP contribution >= 0.6 is 0 Å². The summed E-state index contributed by atoms with van der Waals surface area (Å²) in [6, 6.07) is 8.70. The quantitative estimate of drug-likeness (QED) is 0.791. The zero-order valence-electron chi connectivity index (χ0n) is 13.6. The molecule has 0 aromatic heterocycles. The zero-order valence-corrected chi connectivity index (χ0v) is 13.6. The lowest BCUT2D eigenvalue weighted by molar-refractivity contribution is 0.159. The van der Waals surface area contributed by atoms with E-state index in [1.807, 2.05) is 12.1 Å². The first-order valence-electron chi connectivity index (χ1n) is 7.67. The van der Waals surface area contributed by atoms with Gasteiger partial charge in [0, 0.05) is 18.6 Å². The highest BCUT2D eigenvalue weighted by Gasteiger charge is 2.25. The molecule has 0 heterocycles. The van der Waals surface area contributed by atoms with Crippen LogP contribution in [0.4, 0.5) is 0 Å². The highest BCUT2D eigenvalue weighted by molar-refractivity contribution is 5.31. The predicted octanol–water partition coefficient (Wildman–Crippen LogP) is 3.45. The number of hydrogen-bond donors (Lipinski definition) is 1. The van der Waals surface area contributed by atoms with Crippen molar-refractivity contribution < 1.29 is 4.74 Å². The molecule has 2 atom stereocenters. The van der Waals surface area contributed by atoms with Crippen LogP contribution in [0.15, 0.2) is 24.3 Å². The number of benzene rings is 1. The molecule has 2 N–H and O–H groups in total. The molecule has 2 unspecified atom stereocenters. The molecule has 0 saturated carbocycles. The Morgan fingerprint density at radius 1 is 1.25 bits per heavy atom. The minimum absolute atomic E-state index is 0.140. The number of nitrogens with zero attached hydrogens (tertiary/aromatic N) is 1. The molecule has 1 aromatic carbocycles. The molecule has 0 saturated heterocycles. The Balaban J connectivity index is 3.09. The van der Waals surface area contributed by atoms with Crippen molar-refractivity contribution in [3.8, 4) is 5.75 Å². The monoisotopic (exact) mass is 278 g/mol. The van der Waals surface area contributed by atoms with Crippen molar-refractivity contribution in [3.63, 3.8) is 0 Å². The number of rotatable bonds is 8. The van der Waals surface area contributed by atoms with Crippen LogP contribution in [0.1, 0.15) is 45.7 Å². The molecular formula is C17H30N2O. The van der Waals surface area contributed by atoms with Crippen molar-refractivity contribution in [1.82, 2.24) is 4.90 Å². The molecule has 0 aliphatic carbocycles. The lowest BCUT2D eigenvalue weighted by atomic mass is 9.95. The summed E-state index contributed by atoms with van der Waals surface area (Å²) in [5.41, 5.74) is 7.66. The average molecular weight is 278 g/mol. The predicted molar refractivity (Wildman–Crippen MR) is 86.1 cm³/mol. The lowest BCUT2D eigenvalue weighted by Gasteiger charge is -2.36. The molecule has 0 amide bonds. The second-order valence-electron chi connectivity index (χ2n) is 5.77. The summed E-state index contributed by atoms with van der Waals surface area (Å²) in [7, 11) is 1.71. The number of nitrogens with two attached hydrogens (primary N) is 1. The van der Waals surface area contributed by atoms with E-state index in [-0.39, 0.29) is 12.1 Å². The van der Waals surface area contributed by atoms with Crippen LogP contribution < -0.4 is 10.5 Å². The second-order valence-corrected chi connectivity index (χ2v) is 5.77. The van der Waals surface area contributed by atoms with Gasteiger partial charge in [-0.05, 0) is 36.6 Å². The lowest BCUT2D eigenvalue weighted by Crippen LogP contribution is -2.42. The topological polar surface area (TPSA) is 38.5 Å². The van der Waals surface area contributed by atoms with Gasteiger partial charge in [0.2, 0.25) is 0 Å². The maximum atomic E-state index is 6.41. The van der Waals surface area contributed by atoms with E-state index in [0.717, 1.165) is 25.3 Å². The molecule has 114 valence electrons. The highest BCUT2D eigenvalue weighted by Crippen LogP contribution is 2.28. The first-order valence-corrected chi connectivity index (χ1v) is 7.67. The van der Waals surface area contributed by atoms with Crippen molar-refractivity contribution in [1.29, 1.82) is 0 Å². The van der Waals surface area contributed by atoms with E-state index in [9.17, 15) is 0 Å². The van der Waals surface area contributed by atoms with Gasteiger partial charge >= 0.3 is 0 Å². The number of likely N-dealkylation sites (N-methyl/N-ethyl adjacent to an activating group) is 1. The van der Waals surface area contributed by atoms with Gasteiger partial charge in [-0.15, -0.1) is 0 Å². The van der Waals surface area contributed by atoms with E-state index >= 15 is 0 Å². The van der Waals surface area contributed by atoms with Gasteiger partial charge in [-0.3, -0.25) is 4.90 Å². The largest absolute Gasteiger partial charge is 0.497 e. The number of hydrogen-bond acceptors (Lipinski definition) is 3. The van der Waals surface area contributed by atoms with Gasteiger partial charge in [0.15, 0.2) is 0 Å². The van der Waals surface area contributed by atoms with Gasteiger partial charge < -0.3 is 10.5 Å². The fourth-order valence-electron chi connectivity index (χ4n) is 2.69.